The first kappa shape index (κ1) is 16.4. The van der Waals surface area contributed by atoms with E-state index in [4.69, 9.17) is 4.74 Å². The molecule has 17 heavy (non-hydrogen) atoms. The maximum absolute atomic E-state index is 11.3. The van der Waals surface area contributed by atoms with Crippen molar-refractivity contribution >= 4 is 5.91 Å². The van der Waals surface area contributed by atoms with Crippen LogP contribution in [0.25, 0.3) is 0 Å². The average molecular weight is 243 g/mol. The van der Waals surface area contributed by atoms with Gasteiger partial charge in [-0.3, -0.25) is 4.79 Å². The molecule has 0 unspecified atom stereocenters. The lowest BCUT2D eigenvalue weighted by molar-refractivity contribution is -0.122. The molecule has 0 aromatic carbocycles. The topological polar surface area (TPSA) is 38.3 Å². The third-order valence-electron chi connectivity index (χ3n) is 2.87. The lowest BCUT2D eigenvalue weighted by atomic mass is 10.00. The Morgan fingerprint density at radius 2 is 1.71 bits per heavy atom. The molecule has 0 spiro atoms. The van der Waals surface area contributed by atoms with Crippen molar-refractivity contribution in [1.29, 1.82) is 0 Å². The largest absolute Gasteiger partial charge is 0.375 e. The predicted octanol–water partition coefficient (Wildman–Crippen LogP) is 3.28. The molecule has 0 fully saturated rings. The van der Waals surface area contributed by atoms with Crippen molar-refractivity contribution in [2.75, 3.05) is 6.61 Å². The first-order valence-corrected chi connectivity index (χ1v) is 6.67. The Kier molecular flexibility index (Phi) is 6.76. The summed E-state index contributed by atoms with van der Waals surface area (Å²) in [7, 11) is 0. The molecular formula is C14H29NO2. The Labute approximate surface area is 106 Å². The van der Waals surface area contributed by atoms with Gasteiger partial charge in [0.25, 0.3) is 0 Å². The van der Waals surface area contributed by atoms with Crippen LogP contribution < -0.4 is 5.32 Å². The van der Waals surface area contributed by atoms with Gasteiger partial charge in [0.1, 0.15) is 0 Å². The van der Waals surface area contributed by atoms with Gasteiger partial charge in [-0.05, 0) is 40.5 Å². The number of amides is 1. The predicted molar refractivity (Wildman–Crippen MR) is 72.1 cm³/mol. The summed E-state index contributed by atoms with van der Waals surface area (Å²) in [5.41, 5.74) is -0.241. The number of ether oxygens (including phenoxy) is 1. The molecule has 0 rings (SSSR count). The molecule has 0 aromatic rings. The molecule has 0 heterocycles. The zero-order valence-corrected chi connectivity index (χ0v) is 12.4. The van der Waals surface area contributed by atoms with Crippen LogP contribution >= 0.6 is 0 Å². The SMILES string of the molecule is CCCC(C)(C)OCCC(C)(C)NC(=O)CC. The first-order chi connectivity index (χ1) is 7.72. The highest BCUT2D eigenvalue weighted by Crippen LogP contribution is 2.18. The smallest absolute Gasteiger partial charge is 0.220 e. The van der Waals surface area contributed by atoms with E-state index < -0.39 is 0 Å². The van der Waals surface area contributed by atoms with Gasteiger partial charge in [0, 0.05) is 18.6 Å². The van der Waals surface area contributed by atoms with Crippen LogP contribution in [0.3, 0.4) is 0 Å². The Morgan fingerprint density at radius 1 is 1.12 bits per heavy atom. The van der Waals surface area contributed by atoms with Gasteiger partial charge < -0.3 is 10.1 Å². The summed E-state index contributed by atoms with van der Waals surface area (Å²) in [6.07, 6.45) is 3.56. The fourth-order valence-corrected chi connectivity index (χ4v) is 1.79. The maximum atomic E-state index is 11.3. The number of rotatable bonds is 8. The summed E-state index contributed by atoms with van der Waals surface area (Å²) >= 11 is 0. The normalized spacial score (nSPS) is 12.6. The maximum Gasteiger partial charge on any atom is 0.220 e. The van der Waals surface area contributed by atoms with E-state index in [2.05, 4.69) is 26.1 Å². The van der Waals surface area contributed by atoms with Crippen LogP contribution in [0.5, 0.6) is 0 Å². The van der Waals surface area contributed by atoms with E-state index in [0.717, 1.165) is 19.3 Å². The number of hydrogen-bond acceptors (Lipinski definition) is 2. The lowest BCUT2D eigenvalue weighted by Crippen LogP contribution is -2.44. The standard InChI is InChI=1S/C14H29NO2/c1-7-9-14(5,6)17-11-10-13(3,4)15-12(16)8-2/h7-11H2,1-6H3,(H,15,16). The van der Waals surface area contributed by atoms with Crippen molar-refractivity contribution < 1.29 is 9.53 Å². The molecule has 0 saturated heterocycles. The van der Waals surface area contributed by atoms with Gasteiger partial charge >= 0.3 is 0 Å². The molecule has 3 heteroatoms. The second-order valence-electron chi connectivity index (χ2n) is 5.89. The molecule has 0 aromatic heterocycles. The van der Waals surface area contributed by atoms with Gasteiger partial charge in [-0.1, -0.05) is 20.3 Å². The molecule has 1 N–H and O–H groups in total. The second-order valence-corrected chi connectivity index (χ2v) is 5.89. The third kappa shape index (κ3) is 8.19. The van der Waals surface area contributed by atoms with E-state index in [-0.39, 0.29) is 17.0 Å². The fourth-order valence-electron chi connectivity index (χ4n) is 1.79. The van der Waals surface area contributed by atoms with Crippen molar-refractivity contribution in [3.8, 4) is 0 Å². The van der Waals surface area contributed by atoms with E-state index in [1.54, 1.807) is 0 Å². The Bertz CT molecular complexity index is 234. The molecule has 0 aliphatic carbocycles. The van der Waals surface area contributed by atoms with Crippen LogP contribution in [0.15, 0.2) is 0 Å². The van der Waals surface area contributed by atoms with Gasteiger partial charge in [0.15, 0.2) is 0 Å². The van der Waals surface area contributed by atoms with Crippen LogP contribution in [0.4, 0.5) is 0 Å². The van der Waals surface area contributed by atoms with Gasteiger partial charge in [-0.15, -0.1) is 0 Å². The first-order valence-electron chi connectivity index (χ1n) is 6.67. The highest BCUT2D eigenvalue weighted by molar-refractivity contribution is 5.76. The van der Waals surface area contributed by atoms with Gasteiger partial charge in [-0.2, -0.15) is 0 Å². The van der Waals surface area contributed by atoms with Gasteiger partial charge in [0.2, 0.25) is 5.91 Å². The monoisotopic (exact) mass is 243 g/mol. The summed E-state index contributed by atoms with van der Waals surface area (Å²) in [6.45, 7) is 13.0. The minimum Gasteiger partial charge on any atom is -0.375 e. The van der Waals surface area contributed by atoms with E-state index in [0.29, 0.717) is 13.0 Å². The molecule has 0 radical (unpaired) electrons. The van der Waals surface area contributed by atoms with Crippen LogP contribution in [0, 0.1) is 0 Å². The number of carbonyl (C=O) groups excluding carboxylic acids is 1. The number of carbonyl (C=O) groups is 1. The molecule has 0 aliphatic heterocycles. The van der Waals surface area contributed by atoms with Crippen LogP contribution in [-0.2, 0) is 9.53 Å². The van der Waals surface area contributed by atoms with E-state index >= 15 is 0 Å². The molecule has 0 atom stereocenters. The molecular weight excluding hydrogens is 214 g/mol. The molecule has 1 amide bonds. The van der Waals surface area contributed by atoms with Crippen molar-refractivity contribution in [3.63, 3.8) is 0 Å². The summed E-state index contributed by atoms with van der Waals surface area (Å²) in [5, 5.41) is 3.01. The van der Waals surface area contributed by atoms with Crippen molar-refractivity contribution in [1.82, 2.24) is 5.32 Å². The summed E-state index contributed by atoms with van der Waals surface area (Å²) in [6, 6.07) is 0. The zero-order chi connectivity index (χ0) is 13.5. The highest BCUT2D eigenvalue weighted by Gasteiger charge is 2.22. The zero-order valence-electron chi connectivity index (χ0n) is 12.4. The summed E-state index contributed by atoms with van der Waals surface area (Å²) < 4.78 is 5.87. The van der Waals surface area contributed by atoms with Crippen molar-refractivity contribution in [3.05, 3.63) is 0 Å². The van der Waals surface area contributed by atoms with Crippen LogP contribution in [-0.4, -0.2) is 23.7 Å². The van der Waals surface area contributed by atoms with E-state index in [9.17, 15) is 4.79 Å². The number of hydrogen-bond donors (Lipinski definition) is 1. The second kappa shape index (κ2) is 7.00. The quantitative estimate of drug-likeness (QED) is 0.710. The third-order valence-corrected chi connectivity index (χ3v) is 2.87. The molecule has 3 nitrogen and oxygen atoms in total. The minimum atomic E-state index is -0.185. The van der Waals surface area contributed by atoms with Gasteiger partial charge in [0.05, 0.1) is 5.60 Å². The Morgan fingerprint density at radius 3 is 2.18 bits per heavy atom. The van der Waals surface area contributed by atoms with Crippen LogP contribution in [0.2, 0.25) is 0 Å². The van der Waals surface area contributed by atoms with Crippen LogP contribution in [0.1, 0.15) is 67.2 Å². The van der Waals surface area contributed by atoms with E-state index in [1.165, 1.54) is 0 Å². The Hall–Kier alpha value is -0.570. The summed E-state index contributed by atoms with van der Waals surface area (Å²) in [4.78, 5) is 11.3. The van der Waals surface area contributed by atoms with Gasteiger partial charge in [-0.25, -0.2) is 0 Å². The van der Waals surface area contributed by atoms with Crippen molar-refractivity contribution in [2.24, 2.45) is 0 Å². The Balaban J connectivity index is 3.98. The molecule has 0 saturated carbocycles. The molecule has 102 valence electrons. The number of nitrogens with one attached hydrogen (secondary N) is 1. The average Bonchev–Trinajstić information content (AvgIpc) is 2.15. The minimum absolute atomic E-state index is 0.0560. The molecule has 0 aliphatic rings. The van der Waals surface area contributed by atoms with Crippen molar-refractivity contribution in [2.45, 2.75) is 78.4 Å². The lowest BCUT2D eigenvalue weighted by Gasteiger charge is -2.30. The highest BCUT2D eigenvalue weighted by atomic mass is 16.5. The fraction of sp³-hybridized carbons (Fsp3) is 0.929. The summed E-state index contributed by atoms with van der Waals surface area (Å²) in [5.74, 6) is 0.0998. The van der Waals surface area contributed by atoms with E-state index in [1.807, 2.05) is 20.8 Å². The molecule has 0 bridgehead atoms.